The van der Waals surface area contributed by atoms with Gasteiger partial charge in [0, 0.05) is 7.05 Å². The molecule has 96 valence electrons. The number of benzene rings is 1. The normalized spacial score (nSPS) is 12.7. The number of aromatic nitrogens is 2. The third-order valence-electron chi connectivity index (χ3n) is 3.32. The SMILES string of the molecule is Cc1ccc(CC(N)c2c(Br)cnn2C)cc1C. The summed E-state index contributed by atoms with van der Waals surface area (Å²) in [5, 5.41) is 4.20. The summed E-state index contributed by atoms with van der Waals surface area (Å²) in [7, 11) is 1.92. The molecule has 0 amide bonds. The van der Waals surface area contributed by atoms with E-state index in [1.54, 1.807) is 6.20 Å². The largest absolute Gasteiger partial charge is 0.322 e. The van der Waals surface area contributed by atoms with E-state index in [0.29, 0.717) is 0 Å². The molecule has 0 aliphatic carbocycles. The molecule has 4 heteroatoms. The van der Waals surface area contributed by atoms with Gasteiger partial charge in [0.05, 0.1) is 22.4 Å². The molecule has 0 aliphatic rings. The maximum Gasteiger partial charge on any atom is 0.0693 e. The molecule has 0 saturated heterocycles. The van der Waals surface area contributed by atoms with Crippen LogP contribution in [0.5, 0.6) is 0 Å². The van der Waals surface area contributed by atoms with Gasteiger partial charge in [0.2, 0.25) is 0 Å². The van der Waals surface area contributed by atoms with E-state index in [0.717, 1.165) is 16.6 Å². The van der Waals surface area contributed by atoms with Crippen molar-refractivity contribution >= 4 is 15.9 Å². The lowest BCUT2D eigenvalue weighted by Crippen LogP contribution is -2.17. The van der Waals surface area contributed by atoms with Gasteiger partial charge < -0.3 is 5.73 Å². The van der Waals surface area contributed by atoms with Gasteiger partial charge in [0.25, 0.3) is 0 Å². The van der Waals surface area contributed by atoms with Crippen molar-refractivity contribution in [3.63, 3.8) is 0 Å². The number of nitrogens with two attached hydrogens (primary N) is 1. The van der Waals surface area contributed by atoms with E-state index in [1.165, 1.54) is 16.7 Å². The Hall–Kier alpha value is -1.13. The van der Waals surface area contributed by atoms with Crippen molar-refractivity contribution in [2.24, 2.45) is 12.8 Å². The lowest BCUT2D eigenvalue weighted by molar-refractivity contribution is 0.614. The van der Waals surface area contributed by atoms with Crippen molar-refractivity contribution < 1.29 is 0 Å². The lowest BCUT2D eigenvalue weighted by Gasteiger charge is -2.14. The predicted octanol–water partition coefficient (Wildman–Crippen LogP) is 3.04. The van der Waals surface area contributed by atoms with Crippen LogP contribution < -0.4 is 5.73 Å². The van der Waals surface area contributed by atoms with Gasteiger partial charge in [-0.2, -0.15) is 5.10 Å². The predicted molar refractivity (Wildman–Crippen MR) is 77.5 cm³/mol. The summed E-state index contributed by atoms with van der Waals surface area (Å²) in [5.41, 5.74) is 11.2. The van der Waals surface area contributed by atoms with E-state index in [9.17, 15) is 0 Å². The molecule has 0 saturated carbocycles. The summed E-state index contributed by atoms with van der Waals surface area (Å²) < 4.78 is 2.80. The van der Waals surface area contributed by atoms with Crippen LogP contribution in [0.1, 0.15) is 28.4 Å². The van der Waals surface area contributed by atoms with Crippen molar-refractivity contribution in [2.75, 3.05) is 0 Å². The number of hydrogen-bond donors (Lipinski definition) is 1. The monoisotopic (exact) mass is 307 g/mol. The second-order valence-corrected chi connectivity index (χ2v) is 5.58. The third-order valence-corrected chi connectivity index (χ3v) is 3.93. The Morgan fingerprint density at radius 1 is 1.33 bits per heavy atom. The number of aryl methyl sites for hydroxylation is 3. The van der Waals surface area contributed by atoms with Crippen LogP contribution in [0.25, 0.3) is 0 Å². The second-order valence-electron chi connectivity index (χ2n) is 4.73. The second kappa shape index (κ2) is 5.24. The van der Waals surface area contributed by atoms with Crippen molar-refractivity contribution in [1.29, 1.82) is 0 Å². The summed E-state index contributed by atoms with van der Waals surface area (Å²) in [6.07, 6.45) is 2.61. The average Bonchev–Trinajstić information content (AvgIpc) is 2.64. The Bertz CT molecular complexity index is 541. The molecular formula is C14H18BrN3. The fourth-order valence-electron chi connectivity index (χ4n) is 2.12. The Kier molecular flexibility index (Phi) is 3.88. The van der Waals surface area contributed by atoms with Crippen LogP contribution in [0.3, 0.4) is 0 Å². The van der Waals surface area contributed by atoms with Crippen LogP contribution >= 0.6 is 15.9 Å². The standard InChI is InChI=1S/C14H18BrN3/c1-9-4-5-11(6-10(9)2)7-13(16)14-12(15)8-17-18(14)3/h4-6,8,13H,7,16H2,1-3H3. The summed E-state index contributed by atoms with van der Waals surface area (Å²) in [6, 6.07) is 6.45. The highest BCUT2D eigenvalue weighted by molar-refractivity contribution is 9.10. The topological polar surface area (TPSA) is 43.8 Å². The Morgan fingerprint density at radius 2 is 2.06 bits per heavy atom. The number of nitrogens with zero attached hydrogens (tertiary/aromatic N) is 2. The van der Waals surface area contributed by atoms with Gasteiger partial charge in [-0.1, -0.05) is 18.2 Å². The van der Waals surface area contributed by atoms with E-state index >= 15 is 0 Å². The van der Waals surface area contributed by atoms with Gasteiger partial charge in [0.1, 0.15) is 0 Å². The molecule has 1 aromatic carbocycles. The highest BCUT2D eigenvalue weighted by atomic mass is 79.9. The average molecular weight is 308 g/mol. The molecule has 2 rings (SSSR count). The summed E-state index contributed by atoms with van der Waals surface area (Å²) >= 11 is 3.49. The zero-order valence-corrected chi connectivity index (χ0v) is 12.5. The molecule has 2 aromatic rings. The molecule has 1 aromatic heterocycles. The maximum atomic E-state index is 6.27. The quantitative estimate of drug-likeness (QED) is 0.947. The van der Waals surface area contributed by atoms with Crippen molar-refractivity contribution in [1.82, 2.24) is 9.78 Å². The minimum Gasteiger partial charge on any atom is -0.322 e. The Morgan fingerprint density at radius 3 is 2.61 bits per heavy atom. The first kappa shape index (κ1) is 13.3. The fraction of sp³-hybridized carbons (Fsp3) is 0.357. The Balaban J connectivity index is 2.21. The van der Waals surface area contributed by atoms with Gasteiger partial charge >= 0.3 is 0 Å². The molecule has 18 heavy (non-hydrogen) atoms. The minimum atomic E-state index is -0.0472. The van der Waals surface area contributed by atoms with Crippen LogP contribution in [0.4, 0.5) is 0 Å². The highest BCUT2D eigenvalue weighted by Crippen LogP contribution is 2.24. The number of rotatable bonds is 3. The van der Waals surface area contributed by atoms with Crippen LogP contribution in [-0.2, 0) is 13.5 Å². The van der Waals surface area contributed by atoms with E-state index in [-0.39, 0.29) is 6.04 Å². The third kappa shape index (κ3) is 2.65. The Labute approximate surface area is 116 Å². The molecule has 1 unspecified atom stereocenters. The molecule has 0 bridgehead atoms. The fourth-order valence-corrected chi connectivity index (χ4v) is 2.76. The summed E-state index contributed by atoms with van der Waals surface area (Å²) in [5.74, 6) is 0. The molecule has 2 N–H and O–H groups in total. The number of halogens is 1. The van der Waals surface area contributed by atoms with E-state index in [2.05, 4.69) is 53.1 Å². The molecule has 0 spiro atoms. The first-order chi connectivity index (χ1) is 8.49. The molecular weight excluding hydrogens is 290 g/mol. The highest BCUT2D eigenvalue weighted by Gasteiger charge is 2.15. The molecule has 1 atom stereocenters. The van der Waals surface area contributed by atoms with Gasteiger partial charge in [-0.25, -0.2) is 0 Å². The van der Waals surface area contributed by atoms with Crippen LogP contribution in [-0.4, -0.2) is 9.78 Å². The van der Waals surface area contributed by atoms with Gasteiger partial charge in [-0.3, -0.25) is 4.68 Å². The van der Waals surface area contributed by atoms with Gasteiger partial charge in [0.15, 0.2) is 0 Å². The summed E-state index contributed by atoms with van der Waals surface area (Å²) in [6.45, 7) is 4.25. The molecule has 0 radical (unpaired) electrons. The van der Waals surface area contributed by atoms with Gasteiger partial charge in [-0.05, 0) is 52.9 Å². The molecule has 0 aliphatic heterocycles. The minimum absolute atomic E-state index is 0.0472. The zero-order chi connectivity index (χ0) is 13.3. The molecule has 3 nitrogen and oxygen atoms in total. The van der Waals surface area contributed by atoms with E-state index in [4.69, 9.17) is 5.73 Å². The maximum absolute atomic E-state index is 6.27. The number of hydrogen-bond acceptors (Lipinski definition) is 2. The van der Waals surface area contributed by atoms with Crippen LogP contribution in [0.2, 0.25) is 0 Å². The molecule has 0 fully saturated rings. The zero-order valence-electron chi connectivity index (χ0n) is 10.9. The van der Waals surface area contributed by atoms with Crippen molar-refractivity contribution in [3.05, 3.63) is 51.3 Å². The molecule has 1 heterocycles. The lowest BCUT2D eigenvalue weighted by atomic mass is 10.00. The first-order valence-corrected chi connectivity index (χ1v) is 6.77. The van der Waals surface area contributed by atoms with Crippen molar-refractivity contribution in [2.45, 2.75) is 26.3 Å². The van der Waals surface area contributed by atoms with Crippen molar-refractivity contribution in [3.8, 4) is 0 Å². The first-order valence-electron chi connectivity index (χ1n) is 5.98. The van der Waals surface area contributed by atoms with E-state index in [1.807, 2.05) is 11.7 Å². The summed E-state index contributed by atoms with van der Waals surface area (Å²) in [4.78, 5) is 0. The van der Waals surface area contributed by atoms with E-state index < -0.39 is 0 Å². The van der Waals surface area contributed by atoms with Gasteiger partial charge in [-0.15, -0.1) is 0 Å². The van der Waals surface area contributed by atoms with Crippen LogP contribution in [0.15, 0.2) is 28.9 Å². The van der Waals surface area contributed by atoms with Crippen LogP contribution in [0, 0.1) is 13.8 Å². The smallest absolute Gasteiger partial charge is 0.0693 e.